The van der Waals surface area contributed by atoms with Crippen molar-refractivity contribution in [1.82, 2.24) is 10.2 Å². The highest BCUT2D eigenvalue weighted by atomic mass is 15.2. The van der Waals surface area contributed by atoms with Crippen molar-refractivity contribution in [1.29, 1.82) is 0 Å². The topological polar surface area (TPSA) is 15.3 Å². The van der Waals surface area contributed by atoms with Crippen LogP contribution >= 0.6 is 0 Å². The monoisotopic (exact) mass is 278 g/mol. The van der Waals surface area contributed by atoms with E-state index in [9.17, 15) is 0 Å². The van der Waals surface area contributed by atoms with E-state index in [1.165, 1.54) is 64.2 Å². The lowest BCUT2D eigenvalue weighted by Gasteiger charge is -2.47. The molecule has 0 heterocycles. The molecule has 1 atom stereocenters. The van der Waals surface area contributed by atoms with Crippen molar-refractivity contribution in [2.75, 3.05) is 20.6 Å². The van der Waals surface area contributed by atoms with E-state index < -0.39 is 0 Å². The van der Waals surface area contributed by atoms with Crippen LogP contribution in [0.1, 0.15) is 71.1 Å². The second-order valence-corrected chi connectivity index (χ2v) is 6.93. The fraction of sp³-hybridized carbons (Fsp3) is 0.889. The van der Waals surface area contributed by atoms with Gasteiger partial charge in [0.1, 0.15) is 0 Å². The van der Waals surface area contributed by atoms with Crippen molar-refractivity contribution in [3.8, 4) is 0 Å². The van der Waals surface area contributed by atoms with E-state index in [1.807, 2.05) is 0 Å². The molecular weight excluding hydrogens is 244 g/mol. The van der Waals surface area contributed by atoms with Crippen molar-refractivity contribution in [3.63, 3.8) is 0 Å². The van der Waals surface area contributed by atoms with Crippen LogP contribution in [-0.2, 0) is 0 Å². The lowest BCUT2D eigenvalue weighted by molar-refractivity contribution is 0.0930. The number of hydrogen-bond donors (Lipinski definition) is 1. The summed E-state index contributed by atoms with van der Waals surface area (Å²) in [6.07, 6.45) is 16.3. The van der Waals surface area contributed by atoms with E-state index in [4.69, 9.17) is 0 Å². The van der Waals surface area contributed by atoms with Crippen LogP contribution in [0.2, 0.25) is 0 Å². The van der Waals surface area contributed by atoms with Crippen LogP contribution in [0.15, 0.2) is 11.6 Å². The van der Waals surface area contributed by atoms with Crippen LogP contribution in [-0.4, -0.2) is 37.1 Å². The molecule has 0 aliphatic heterocycles. The molecule has 0 amide bonds. The lowest BCUT2D eigenvalue weighted by atomic mass is 9.75. The average Bonchev–Trinajstić information content (AvgIpc) is 2.72. The highest BCUT2D eigenvalue weighted by Crippen LogP contribution is 2.38. The molecule has 0 aromatic rings. The van der Waals surface area contributed by atoms with Gasteiger partial charge in [0.15, 0.2) is 0 Å². The molecule has 0 spiro atoms. The van der Waals surface area contributed by atoms with Gasteiger partial charge in [0.25, 0.3) is 0 Å². The van der Waals surface area contributed by atoms with Gasteiger partial charge in [-0.15, -0.1) is 0 Å². The molecule has 1 unspecified atom stereocenters. The molecule has 2 aliphatic carbocycles. The maximum atomic E-state index is 3.86. The Hall–Kier alpha value is -0.340. The first-order chi connectivity index (χ1) is 9.70. The summed E-state index contributed by atoms with van der Waals surface area (Å²) in [6.45, 7) is 3.34. The van der Waals surface area contributed by atoms with Gasteiger partial charge >= 0.3 is 0 Å². The molecule has 2 heteroatoms. The van der Waals surface area contributed by atoms with E-state index in [-0.39, 0.29) is 0 Å². The highest BCUT2D eigenvalue weighted by Gasteiger charge is 2.42. The molecule has 116 valence electrons. The number of hydrogen-bond acceptors (Lipinski definition) is 2. The highest BCUT2D eigenvalue weighted by molar-refractivity contribution is 5.21. The van der Waals surface area contributed by atoms with Crippen LogP contribution in [0.3, 0.4) is 0 Å². The third-order valence-electron chi connectivity index (χ3n) is 5.50. The molecule has 0 radical (unpaired) electrons. The van der Waals surface area contributed by atoms with Gasteiger partial charge in [-0.1, -0.05) is 44.3 Å². The lowest BCUT2D eigenvalue weighted by Crippen LogP contribution is -2.59. The van der Waals surface area contributed by atoms with Gasteiger partial charge in [-0.05, 0) is 59.2 Å². The molecular formula is C18H34N2. The van der Waals surface area contributed by atoms with Crippen molar-refractivity contribution in [2.24, 2.45) is 0 Å². The third kappa shape index (κ3) is 3.46. The predicted octanol–water partition coefficient (Wildman–Crippen LogP) is 4.12. The first kappa shape index (κ1) is 16.0. The van der Waals surface area contributed by atoms with Crippen LogP contribution in [0.25, 0.3) is 0 Å². The number of nitrogens with zero attached hydrogens (tertiary/aromatic N) is 1. The molecule has 2 rings (SSSR count). The molecule has 1 saturated carbocycles. The van der Waals surface area contributed by atoms with E-state index in [1.54, 1.807) is 5.57 Å². The van der Waals surface area contributed by atoms with Crippen LogP contribution in [0.5, 0.6) is 0 Å². The standard InChI is InChI=1S/C18H34N2/c1-4-19-17(16-12-8-7-9-13-16)18(20(2)3)14-10-5-6-11-15-18/h12,17,19H,4-11,13-15H2,1-3H3. The molecule has 2 nitrogen and oxygen atoms in total. The quantitative estimate of drug-likeness (QED) is 0.601. The predicted molar refractivity (Wildman–Crippen MR) is 88.1 cm³/mol. The molecule has 0 bridgehead atoms. The Morgan fingerprint density at radius 3 is 2.30 bits per heavy atom. The third-order valence-corrected chi connectivity index (χ3v) is 5.50. The number of rotatable bonds is 5. The Kier molecular flexibility index (Phi) is 6.10. The molecule has 0 aromatic heterocycles. The Morgan fingerprint density at radius 1 is 1.10 bits per heavy atom. The van der Waals surface area contributed by atoms with Crippen LogP contribution in [0.4, 0.5) is 0 Å². The van der Waals surface area contributed by atoms with E-state index in [2.05, 4.69) is 37.3 Å². The van der Waals surface area contributed by atoms with Crippen molar-refractivity contribution in [3.05, 3.63) is 11.6 Å². The maximum Gasteiger partial charge on any atom is 0.0466 e. The summed E-state index contributed by atoms with van der Waals surface area (Å²) in [5.74, 6) is 0. The normalized spacial score (nSPS) is 25.1. The van der Waals surface area contributed by atoms with Crippen molar-refractivity contribution < 1.29 is 0 Å². The molecule has 1 fully saturated rings. The molecule has 0 saturated heterocycles. The van der Waals surface area contributed by atoms with Gasteiger partial charge in [-0.25, -0.2) is 0 Å². The smallest absolute Gasteiger partial charge is 0.0466 e. The zero-order valence-corrected chi connectivity index (χ0v) is 13.9. The fourth-order valence-corrected chi connectivity index (χ4v) is 4.33. The summed E-state index contributed by atoms with van der Waals surface area (Å²) in [5, 5.41) is 3.86. The molecule has 2 aliphatic rings. The van der Waals surface area contributed by atoms with Crippen LogP contribution < -0.4 is 5.32 Å². The zero-order chi connectivity index (χ0) is 14.4. The largest absolute Gasteiger partial charge is 0.309 e. The first-order valence-electron chi connectivity index (χ1n) is 8.80. The number of likely N-dealkylation sites (N-methyl/N-ethyl adjacent to an activating group) is 2. The Morgan fingerprint density at radius 2 is 1.80 bits per heavy atom. The molecule has 20 heavy (non-hydrogen) atoms. The van der Waals surface area contributed by atoms with E-state index >= 15 is 0 Å². The molecule has 1 N–H and O–H groups in total. The van der Waals surface area contributed by atoms with Crippen molar-refractivity contribution >= 4 is 0 Å². The minimum atomic E-state index is 0.343. The van der Waals surface area contributed by atoms with Gasteiger partial charge in [-0.2, -0.15) is 0 Å². The minimum absolute atomic E-state index is 0.343. The van der Waals surface area contributed by atoms with Gasteiger partial charge < -0.3 is 10.2 Å². The Labute approximate surface area is 126 Å². The summed E-state index contributed by atoms with van der Waals surface area (Å²) in [6, 6.07) is 0.570. The van der Waals surface area contributed by atoms with Gasteiger partial charge in [0.2, 0.25) is 0 Å². The van der Waals surface area contributed by atoms with Crippen LogP contribution in [0, 0.1) is 0 Å². The number of nitrogens with one attached hydrogen (secondary N) is 1. The summed E-state index contributed by atoms with van der Waals surface area (Å²) in [4.78, 5) is 2.54. The van der Waals surface area contributed by atoms with Crippen molar-refractivity contribution in [2.45, 2.75) is 82.7 Å². The van der Waals surface area contributed by atoms with E-state index in [0.717, 1.165) is 6.54 Å². The second-order valence-electron chi connectivity index (χ2n) is 6.93. The fourth-order valence-electron chi connectivity index (χ4n) is 4.33. The Balaban J connectivity index is 2.28. The van der Waals surface area contributed by atoms with Gasteiger partial charge in [0.05, 0.1) is 0 Å². The summed E-state index contributed by atoms with van der Waals surface area (Å²) >= 11 is 0. The second kappa shape index (κ2) is 7.61. The summed E-state index contributed by atoms with van der Waals surface area (Å²) in [5.41, 5.74) is 2.05. The minimum Gasteiger partial charge on any atom is -0.309 e. The SMILES string of the molecule is CCNC(C1=CCCCC1)C1(N(C)C)CCCCCC1. The zero-order valence-electron chi connectivity index (χ0n) is 13.9. The first-order valence-corrected chi connectivity index (χ1v) is 8.80. The summed E-state index contributed by atoms with van der Waals surface area (Å²) < 4.78 is 0. The maximum absolute atomic E-state index is 3.86. The van der Waals surface area contributed by atoms with E-state index in [0.29, 0.717) is 11.6 Å². The number of allylic oxidation sites excluding steroid dienone is 1. The Bertz CT molecular complexity index is 311. The molecule has 0 aromatic carbocycles. The van der Waals surface area contributed by atoms with Gasteiger partial charge in [0, 0.05) is 11.6 Å². The van der Waals surface area contributed by atoms with Gasteiger partial charge in [-0.3, -0.25) is 0 Å². The average molecular weight is 278 g/mol. The summed E-state index contributed by atoms with van der Waals surface area (Å²) in [7, 11) is 4.61.